The number of nitrogens with two attached hydrogens (primary N) is 1. The molecule has 4 nitrogen and oxygen atoms in total. The van der Waals surface area contributed by atoms with E-state index in [0.717, 1.165) is 0 Å². The van der Waals surface area contributed by atoms with Crippen molar-refractivity contribution in [3.63, 3.8) is 0 Å². The summed E-state index contributed by atoms with van der Waals surface area (Å²) in [6.45, 7) is 0. The Morgan fingerprint density at radius 2 is 2.05 bits per heavy atom. The van der Waals surface area contributed by atoms with Gasteiger partial charge >= 0.3 is 0 Å². The molecule has 0 heterocycles. The quantitative estimate of drug-likeness (QED) is 0.868. The summed E-state index contributed by atoms with van der Waals surface area (Å²) in [5, 5.41) is 3.02. The van der Waals surface area contributed by atoms with Crippen molar-refractivity contribution in [2.75, 3.05) is 12.4 Å². The Morgan fingerprint density at radius 3 is 2.67 bits per heavy atom. The van der Waals surface area contributed by atoms with Crippen LogP contribution in [-0.4, -0.2) is 13.0 Å². The van der Waals surface area contributed by atoms with Gasteiger partial charge in [-0.25, -0.2) is 4.39 Å². The summed E-state index contributed by atoms with van der Waals surface area (Å²) in [6.07, 6.45) is 0. The summed E-state index contributed by atoms with van der Waals surface area (Å²) < 4.78 is 18.9. The minimum absolute atomic E-state index is 0.397. The summed E-state index contributed by atoms with van der Waals surface area (Å²) in [7, 11) is 1.54. The molecule has 2 rings (SSSR count). The van der Waals surface area contributed by atoms with Gasteiger partial charge in [0, 0.05) is 4.47 Å². The highest BCUT2D eigenvalue weighted by Gasteiger charge is 2.21. The molecule has 0 aromatic heterocycles. The van der Waals surface area contributed by atoms with Gasteiger partial charge in [0.1, 0.15) is 17.6 Å². The van der Waals surface area contributed by atoms with E-state index in [1.54, 1.807) is 12.1 Å². The molecule has 6 heteroatoms. The van der Waals surface area contributed by atoms with Crippen molar-refractivity contribution >= 4 is 27.5 Å². The van der Waals surface area contributed by atoms with Crippen LogP contribution < -0.4 is 15.8 Å². The standard InChI is InChI=1S/C15H14BrFN2O2/c1-21-13-5-3-2-4-12(13)19-14(15(18)20)10-7-6-9(17)8-11(10)16/h2-8,14,19H,1H3,(H2,18,20). The maximum atomic E-state index is 13.2. The molecule has 1 amide bonds. The van der Waals surface area contributed by atoms with Crippen LogP contribution in [0.1, 0.15) is 11.6 Å². The number of primary amides is 1. The molecule has 3 N–H and O–H groups in total. The summed E-state index contributed by atoms with van der Waals surface area (Å²) in [5.41, 5.74) is 6.63. The molecule has 0 saturated heterocycles. The predicted molar refractivity (Wildman–Crippen MR) is 82.7 cm³/mol. The van der Waals surface area contributed by atoms with Gasteiger partial charge in [0.2, 0.25) is 5.91 Å². The zero-order valence-electron chi connectivity index (χ0n) is 11.3. The predicted octanol–water partition coefficient (Wildman–Crippen LogP) is 3.24. The monoisotopic (exact) mass is 352 g/mol. The van der Waals surface area contributed by atoms with Gasteiger partial charge in [-0.3, -0.25) is 4.79 Å². The molecule has 0 bridgehead atoms. The number of rotatable bonds is 5. The lowest BCUT2D eigenvalue weighted by molar-refractivity contribution is -0.118. The van der Waals surface area contributed by atoms with E-state index >= 15 is 0 Å². The topological polar surface area (TPSA) is 64.3 Å². The number of carbonyl (C=O) groups excluding carboxylic acids is 1. The van der Waals surface area contributed by atoms with E-state index < -0.39 is 17.8 Å². The van der Waals surface area contributed by atoms with Crippen LogP contribution in [0.15, 0.2) is 46.9 Å². The number of nitrogens with one attached hydrogen (secondary N) is 1. The zero-order valence-corrected chi connectivity index (χ0v) is 12.9. The van der Waals surface area contributed by atoms with Gasteiger partial charge in [0.15, 0.2) is 0 Å². The molecule has 0 aliphatic rings. The highest BCUT2D eigenvalue weighted by molar-refractivity contribution is 9.10. The van der Waals surface area contributed by atoms with Crippen LogP contribution in [0, 0.1) is 5.82 Å². The minimum atomic E-state index is -0.809. The largest absolute Gasteiger partial charge is 0.495 e. The van der Waals surface area contributed by atoms with Crippen LogP contribution in [0.2, 0.25) is 0 Å². The first-order valence-corrected chi connectivity index (χ1v) is 6.96. The first kappa shape index (κ1) is 15.3. The molecule has 21 heavy (non-hydrogen) atoms. The number of amides is 1. The number of halogens is 2. The first-order valence-electron chi connectivity index (χ1n) is 6.16. The van der Waals surface area contributed by atoms with Gasteiger partial charge in [-0.1, -0.05) is 34.1 Å². The molecule has 0 aliphatic heterocycles. The Balaban J connectivity index is 2.38. The van der Waals surface area contributed by atoms with Crippen molar-refractivity contribution in [1.82, 2.24) is 0 Å². The Kier molecular flexibility index (Phi) is 4.80. The molecule has 0 spiro atoms. The van der Waals surface area contributed by atoms with E-state index in [-0.39, 0.29) is 0 Å². The number of ether oxygens (including phenoxy) is 1. The number of hydrogen-bond acceptors (Lipinski definition) is 3. The van der Waals surface area contributed by atoms with Gasteiger partial charge in [0.05, 0.1) is 12.8 Å². The van der Waals surface area contributed by atoms with Crippen LogP contribution in [0.5, 0.6) is 5.75 Å². The maximum absolute atomic E-state index is 13.2. The average molecular weight is 353 g/mol. The molecule has 1 atom stereocenters. The highest BCUT2D eigenvalue weighted by atomic mass is 79.9. The number of methoxy groups -OCH3 is 1. The molecule has 1 unspecified atom stereocenters. The lowest BCUT2D eigenvalue weighted by Crippen LogP contribution is -2.28. The SMILES string of the molecule is COc1ccccc1NC(C(N)=O)c1ccc(F)cc1Br. The summed E-state index contributed by atoms with van der Waals surface area (Å²) in [6, 6.07) is 10.4. The number of carbonyl (C=O) groups is 1. The lowest BCUT2D eigenvalue weighted by Gasteiger charge is -2.20. The summed E-state index contributed by atoms with van der Waals surface area (Å²) >= 11 is 3.25. The second-order valence-electron chi connectivity index (χ2n) is 4.35. The first-order chi connectivity index (χ1) is 10.0. The third-order valence-electron chi connectivity index (χ3n) is 2.96. The van der Waals surface area contributed by atoms with E-state index in [2.05, 4.69) is 21.2 Å². The number of anilines is 1. The molecular formula is C15H14BrFN2O2. The van der Waals surface area contributed by atoms with Crippen LogP contribution >= 0.6 is 15.9 Å². The Bertz CT molecular complexity index is 664. The van der Waals surface area contributed by atoms with Crippen molar-refractivity contribution < 1.29 is 13.9 Å². The minimum Gasteiger partial charge on any atom is -0.495 e. The third-order valence-corrected chi connectivity index (χ3v) is 3.65. The van der Waals surface area contributed by atoms with Crippen molar-refractivity contribution in [1.29, 1.82) is 0 Å². The van der Waals surface area contributed by atoms with E-state index in [1.165, 1.54) is 25.3 Å². The fourth-order valence-electron chi connectivity index (χ4n) is 1.96. The average Bonchev–Trinajstić information content (AvgIpc) is 2.45. The summed E-state index contributed by atoms with van der Waals surface area (Å²) in [4.78, 5) is 11.7. The van der Waals surface area contributed by atoms with E-state index in [0.29, 0.717) is 21.5 Å². The van der Waals surface area contributed by atoms with E-state index in [4.69, 9.17) is 10.5 Å². The van der Waals surface area contributed by atoms with Gasteiger partial charge in [-0.15, -0.1) is 0 Å². The molecule has 0 radical (unpaired) electrons. The van der Waals surface area contributed by atoms with E-state index in [1.807, 2.05) is 12.1 Å². The normalized spacial score (nSPS) is 11.8. The molecular weight excluding hydrogens is 339 g/mol. The Morgan fingerprint density at radius 1 is 1.33 bits per heavy atom. The van der Waals surface area contributed by atoms with Crippen molar-refractivity contribution in [2.24, 2.45) is 5.73 Å². The van der Waals surface area contributed by atoms with Crippen molar-refractivity contribution in [2.45, 2.75) is 6.04 Å². The maximum Gasteiger partial charge on any atom is 0.244 e. The van der Waals surface area contributed by atoms with Gasteiger partial charge in [0.25, 0.3) is 0 Å². The summed E-state index contributed by atoms with van der Waals surface area (Å²) in [5.74, 6) is -0.388. The van der Waals surface area contributed by atoms with Crippen LogP contribution in [0.4, 0.5) is 10.1 Å². The Labute approximate surface area is 130 Å². The van der Waals surface area contributed by atoms with Crippen molar-refractivity contribution in [3.05, 3.63) is 58.3 Å². The smallest absolute Gasteiger partial charge is 0.244 e. The molecule has 0 fully saturated rings. The van der Waals surface area contributed by atoms with Crippen molar-refractivity contribution in [3.8, 4) is 5.75 Å². The van der Waals surface area contributed by atoms with Crippen LogP contribution in [0.3, 0.4) is 0 Å². The van der Waals surface area contributed by atoms with Gasteiger partial charge < -0.3 is 15.8 Å². The molecule has 0 aliphatic carbocycles. The molecule has 2 aromatic rings. The van der Waals surface area contributed by atoms with Crippen LogP contribution in [-0.2, 0) is 4.79 Å². The van der Waals surface area contributed by atoms with E-state index in [9.17, 15) is 9.18 Å². The Hall–Kier alpha value is -2.08. The second kappa shape index (κ2) is 6.58. The highest BCUT2D eigenvalue weighted by Crippen LogP contribution is 2.31. The van der Waals surface area contributed by atoms with Crippen LogP contribution in [0.25, 0.3) is 0 Å². The second-order valence-corrected chi connectivity index (χ2v) is 5.20. The fourth-order valence-corrected chi connectivity index (χ4v) is 2.54. The number of hydrogen-bond donors (Lipinski definition) is 2. The number of para-hydroxylation sites is 2. The molecule has 0 saturated carbocycles. The molecule has 110 valence electrons. The third kappa shape index (κ3) is 3.52. The number of benzene rings is 2. The zero-order chi connectivity index (χ0) is 15.4. The molecule has 2 aromatic carbocycles. The van der Waals surface area contributed by atoms with Gasteiger partial charge in [-0.05, 0) is 29.8 Å². The fraction of sp³-hybridized carbons (Fsp3) is 0.133. The van der Waals surface area contributed by atoms with Gasteiger partial charge in [-0.2, -0.15) is 0 Å². The lowest BCUT2D eigenvalue weighted by atomic mass is 10.1.